The molecule has 0 saturated heterocycles. The van der Waals surface area contributed by atoms with Gasteiger partial charge in [0.25, 0.3) is 0 Å². The summed E-state index contributed by atoms with van der Waals surface area (Å²) < 4.78 is 0. The van der Waals surface area contributed by atoms with Crippen molar-refractivity contribution in [3.8, 4) is 6.07 Å². The summed E-state index contributed by atoms with van der Waals surface area (Å²) in [5.74, 6) is 0. The van der Waals surface area contributed by atoms with Crippen LogP contribution in [0.4, 0.5) is 5.13 Å². The molecule has 0 spiro atoms. The number of H-pyrrole nitrogens is 1. The van der Waals surface area contributed by atoms with Crippen LogP contribution >= 0.6 is 11.3 Å². The van der Waals surface area contributed by atoms with Crippen LogP contribution in [-0.4, -0.2) is 16.5 Å². The van der Waals surface area contributed by atoms with E-state index in [9.17, 15) is 0 Å². The van der Waals surface area contributed by atoms with Gasteiger partial charge in [0, 0.05) is 24.9 Å². The Labute approximate surface area is 91.6 Å². The lowest BCUT2D eigenvalue weighted by atomic mass is 10.3. The Morgan fingerprint density at radius 3 is 3.20 bits per heavy atom. The minimum absolute atomic E-state index is 0.636. The van der Waals surface area contributed by atoms with Crippen LogP contribution in [0.1, 0.15) is 10.6 Å². The topological polar surface area (TPSA) is 64.5 Å². The van der Waals surface area contributed by atoms with Gasteiger partial charge in [0.15, 0.2) is 5.13 Å². The standard InChI is InChI=1S/C10H10N4S/c11-6-9-7-14-10(15-9)13-5-3-8-2-1-4-12-8/h1-2,4,7,12H,3,5H2,(H,13,14). The van der Waals surface area contributed by atoms with Crippen molar-refractivity contribution in [2.45, 2.75) is 6.42 Å². The molecule has 2 heterocycles. The highest BCUT2D eigenvalue weighted by molar-refractivity contribution is 7.16. The molecule has 0 saturated carbocycles. The Hall–Kier alpha value is -1.80. The fraction of sp³-hybridized carbons (Fsp3) is 0.200. The van der Waals surface area contributed by atoms with Crippen LogP contribution in [0, 0.1) is 11.3 Å². The van der Waals surface area contributed by atoms with Crippen molar-refractivity contribution in [2.24, 2.45) is 0 Å². The van der Waals surface area contributed by atoms with Crippen molar-refractivity contribution >= 4 is 16.5 Å². The first-order valence-electron chi connectivity index (χ1n) is 4.60. The number of thiazole rings is 1. The Balaban J connectivity index is 1.81. The first kappa shape index (κ1) is 9.74. The lowest BCUT2D eigenvalue weighted by Gasteiger charge is -1.99. The van der Waals surface area contributed by atoms with Crippen molar-refractivity contribution < 1.29 is 0 Å². The predicted molar refractivity (Wildman–Crippen MR) is 59.8 cm³/mol. The number of hydrogen-bond donors (Lipinski definition) is 2. The fourth-order valence-electron chi connectivity index (χ4n) is 1.23. The van der Waals surface area contributed by atoms with Crippen LogP contribution in [0.5, 0.6) is 0 Å². The highest BCUT2D eigenvalue weighted by Gasteiger charge is 1.99. The molecule has 0 amide bonds. The van der Waals surface area contributed by atoms with Crippen molar-refractivity contribution in [1.29, 1.82) is 5.26 Å². The predicted octanol–water partition coefficient (Wildman–Crippen LogP) is 2.00. The van der Waals surface area contributed by atoms with E-state index in [0.29, 0.717) is 4.88 Å². The number of aromatic nitrogens is 2. The summed E-state index contributed by atoms with van der Waals surface area (Å²) in [6, 6.07) is 6.09. The summed E-state index contributed by atoms with van der Waals surface area (Å²) in [4.78, 5) is 7.85. The fourth-order valence-corrected chi connectivity index (χ4v) is 1.87. The van der Waals surface area contributed by atoms with Crippen LogP contribution < -0.4 is 5.32 Å². The summed E-state index contributed by atoms with van der Waals surface area (Å²) in [5, 5.41) is 12.6. The van der Waals surface area contributed by atoms with Gasteiger partial charge in [0.05, 0.1) is 6.20 Å². The van der Waals surface area contributed by atoms with Crippen LogP contribution in [0.15, 0.2) is 24.5 Å². The lowest BCUT2D eigenvalue weighted by Crippen LogP contribution is -2.04. The van der Waals surface area contributed by atoms with Crippen LogP contribution in [0.2, 0.25) is 0 Å². The number of nitrogens with zero attached hydrogens (tertiary/aromatic N) is 2. The van der Waals surface area contributed by atoms with Gasteiger partial charge in [0.2, 0.25) is 0 Å². The van der Waals surface area contributed by atoms with Crippen LogP contribution in [0.3, 0.4) is 0 Å². The first-order valence-corrected chi connectivity index (χ1v) is 5.42. The molecule has 2 aromatic rings. The van der Waals surface area contributed by atoms with E-state index in [1.54, 1.807) is 6.20 Å². The minimum atomic E-state index is 0.636. The van der Waals surface area contributed by atoms with Crippen molar-refractivity contribution in [2.75, 3.05) is 11.9 Å². The molecule has 0 aliphatic heterocycles. The minimum Gasteiger partial charge on any atom is -0.365 e. The molecule has 0 unspecified atom stereocenters. The normalized spacial score (nSPS) is 9.80. The second-order valence-electron chi connectivity index (χ2n) is 3.01. The van der Waals surface area contributed by atoms with E-state index in [-0.39, 0.29) is 0 Å². The number of nitrogens with one attached hydrogen (secondary N) is 2. The average Bonchev–Trinajstić information content (AvgIpc) is 2.88. The number of nitriles is 1. The summed E-state index contributed by atoms with van der Waals surface area (Å²) >= 11 is 1.38. The molecule has 5 heteroatoms. The number of anilines is 1. The second kappa shape index (κ2) is 4.62. The molecule has 76 valence electrons. The highest BCUT2D eigenvalue weighted by Crippen LogP contribution is 2.16. The molecule has 0 aliphatic rings. The van der Waals surface area contributed by atoms with E-state index in [1.807, 2.05) is 18.3 Å². The molecule has 15 heavy (non-hydrogen) atoms. The molecular weight excluding hydrogens is 208 g/mol. The summed E-state index contributed by atoms with van der Waals surface area (Å²) in [7, 11) is 0. The maximum Gasteiger partial charge on any atom is 0.183 e. The molecule has 0 radical (unpaired) electrons. The smallest absolute Gasteiger partial charge is 0.183 e. The monoisotopic (exact) mass is 218 g/mol. The molecule has 0 fully saturated rings. The van der Waals surface area contributed by atoms with Crippen molar-refractivity contribution in [3.05, 3.63) is 35.1 Å². The Morgan fingerprint density at radius 1 is 1.60 bits per heavy atom. The summed E-state index contributed by atoms with van der Waals surface area (Å²) in [5.41, 5.74) is 1.19. The molecule has 0 atom stereocenters. The van der Waals surface area contributed by atoms with Gasteiger partial charge < -0.3 is 10.3 Å². The second-order valence-corrected chi connectivity index (χ2v) is 4.04. The highest BCUT2D eigenvalue weighted by atomic mass is 32.1. The quantitative estimate of drug-likeness (QED) is 0.825. The van der Waals surface area contributed by atoms with Gasteiger partial charge in [-0.25, -0.2) is 4.98 Å². The van der Waals surface area contributed by atoms with E-state index >= 15 is 0 Å². The van der Waals surface area contributed by atoms with Crippen LogP contribution in [0.25, 0.3) is 0 Å². The van der Waals surface area contributed by atoms with Gasteiger partial charge >= 0.3 is 0 Å². The van der Waals surface area contributed by atoms with Crippen molar-refractivity contribution in [3.63, 3.8) is 0 Å². The third kappa shape index (κ3) is 2.58. The maximum absolute atomic E-state index is 8.61. The molecule has 0 aliphatic carbocycles. The van der Waals surface area contributed by atoms with E-state index in [4.69, 9.17) is 5.26 Å². The molecule has 0 aromatic carbocycles. The van der Waals surface area contributed by atoms with Gasteiger partial charge in [-0.3, -0.25) is 0 Å². The zero-order valence-electron chi connectivity index (χ0n) is 8.03. The molecule has 2 rings (SSSR count). The number of hydrogen-bond acceptors (Lipinski definition) is 4. The first-order chi connectivity index (χ1) is 7.38. The van der Waals surface area contributed by atoms with E-state index in [1.165, 1.54) is 17.0 Å². The van der Waals surface area contributed by atoms with E-state index < -0.39 is 0 Å². The van der Waals surface area contributed by atoms with Gasteiger partial charge in [-0.1, -0.05) is 11.3 Å². The third-order valence-electron chi connectivity index (χ3n) is 1.95. The third-order valence-corrected chi connectivity index (χ3v) is 2.81. The molecule has 2 N–H and O–H groups in total. The lowest BCUT2D eigenvalue weighted by molar-refractivity contribution is 0.974. The Bertz CT molecular complexity index is 452. The molecule has 4 nitrogen and oxygen atoms in total. The van der Waals surface area contributed by atoms with E-state index in [2.05, 4.69) is 21.4 Å². The maximum atomic E-state index is 8.61. The van der Waals surface area contributed by atoms with Gasteiger partial charge in [-0.15, -0.1) is 0 Å². The van der Waals surface area contributed by atoms with Crippen molar-refractivity contribution in [1.82, 2.24) is 9.97 Å². The van der Waals surface area contributed by atoms with Gasteiger partial charge in [-0.05, 0) is 12.1 Å². The molecule has 2 aromatic heterocycles. The van der Waals surface area contributed by atoms with Crippen LogP contribution in [-0.2, 0) is 6.42 Å². The molecular formula is C10H10N4S. The van der Waals surface area contributed by atoms with Gasteiger partial charge in [0.1, 0.15) is 10.9 Å². The number of aromatic amines is 1. The summed E-state index contributed by atoms with van der Waals surface area (Å²) in [6.07, 6.45) is 4.42. The Morgan fingerprint density at radius 2 is 2.53 bits per heavy atom. The zero-order chi connectivity index (χ0) is 10.5. The Kier molecular flexibility index (Phi) is 3.00. The van der Waals surface area contributed by atoms with E-state index in [0.717, 1.165) is 18.1 Å². The number of rotatable bonds is 4. The largest absolute Gasteiger partial charge is 0.365 e. The zero-order valence-corrected chi connectivity index (χ0v) is 8.84. The van der Waals surface area contributed by atoms with Gasteiger partial charge in [-0.2, -0.15) is 5.26 Å². The molecule has 0 bridgehead atoms. The average molecular weight is 218 g/mol. The summed E-state index contributed by atoms with van der Waals surface area (Å²) in [6.45, 7) is 0.818. The SMILES string of the molecule is N#Cc1cnc(NCCc2ccc[nH]2)s1.